The molecule has 2 aliphatic rings. The smallest absolute Gasteiger partial charge is 0.0966 e. The highest BCUT2D eigenvalue weighted by Crippen LogP contribution is 2.70. The van der Waals surface area contributed by atoms with Gasteiger partial charge < -0.3 is 10.2 Å². The average Bonchev–Trinajstić information content (AvgIpc) is 2.61. The maximum atomic E-state index is 11.1. The summed E-state index contributed by atoms with van der Waals surface area (Å²) in [6.07, 6.45) is 6.62. The second-order valence-corrected chi connectivity index (χ2v) is 7.43. The molecule has 0 heterocycles. The third-order valence-corrected chi connectivity index (χ3v) is 6.58. The van der Waals surface area contributed by atoms with Gasteiger partial charge in [0.15, 0.2) is 0 Å². The number of hydrogen-bond donors (Lipinski definition) is 2. The molecule has 2 saturated carbocycles. The molecule has 2 aliphatic carbocycles. The van der Waals surface area contributed by atoms with Gasteiger partial charge in [-0.25, -0.2) is 0 Å². The van der Waals surface area contributed by atoms with Crippen LogP contribution < -0.4 is 0 Å². The van der Waals surface area contributed by atoms with E-state index in [-0.39, 0.29) is 10.8 Å². The quantitative estimate of drug-likeness (QED) is 0.737. The second-order valence-electron chi connectivity index (χ2n) is 7.43. The zero-order valence-corrected chi connectivity index (χ0v) is 12.5. The topological polar surface area (TPSA) is 40.5 Å². The van der Waals surface area contributed by atoms with E-state index in [0.717, 1.165) is 38.5 Å². The Balaban J connectivity index is 2.13. The standard InChI is InChI=1S/C16H30O2/c1-5-6-7-8-13(17)16(18)11-12-9-10-15(16,4)14(12,2)3/h12-13,17-18H,5-11H2,1-4H3/t12-,13?,15-,16+/m1/s1. The summed E-state index contributed by atoms with van der Waals surface area (Å²) in [5.41, 5.74) is -0.809. The van der Waals surface area contributed by atoms with E-state index in [1.165, 1.54) is 6.42 Å². The predicted octanol–water partition coefficient (Wildman–Crippen LogP) is 3.50. The number of fused-ring (bicyclic) bond motifs is 2. The first-order valence-corrected chi connectivity index (χ1v) is 7.70. The van der Waals surface area contributed by atoms with Crippen LogP contribution in [0.5, 0.6) is 0 Å². The van der Waals surface area contributed by atoms with Gasteiger partial charge in [0.05, 0.1) is 11.7 Å². The fourth-order valence-electron chi connectivity index (χ4n) is 4.66. The molecular weight excluding hydrogens is 224 g/mol. The maximum absolute atomic E-state index is 11.1. The Labute approximate surface area is 112 Å². The van der Waals surface area contributed by atoms with Crippen molar-refractivity contribution in [3.05, 3.63) is 0 Å². The number of aliphatic hydroxyl groups excluding tert-OH is 1. The first kappa shape index (κ1) is 14.3. The fraction of sp³-hybridized carbons (Fsp3) is 1.00. The zero-order chi connectivity index (χ0) is 13.6. The molecule has 2 fully saturated rings. The molecule has 0 spiro atoms. The van der Waals surface area contributed by atoms with Crippen molar-refractivity contribution in [2.75, 3.05) is 0 Å². The molecule has 2 heteroatoms. The van der Waals surface area contributed by atoms with Crippen molar-refractivity contribution < 1.29 is 10.2 Å². The summed E-state index contributed by atoms with van der Waals surface area (Å²) < 4.78 is 0. The van der Waals surface area contributed by atoms with Crippen LogP contribution in [-0.4, -0.2) is 21.9 Å². The third kappa shape index (κ3) is 1.68. The predicted molar refractivity (Wildman–Crippen MR) is 74.3 cm³/mol. The summed E-state index contributed by atoms with van der Waals surface area (Å²) in [6.45, 7) is 8.93. The van der Waals surface area contributed by atoms with Crippen molar-refractivity contribution in [2.45, 2.75) is 84.3 Å². The van der Waals surface area contributed by atoms with Crippen LogP contribution in [0.15, 0.2) is 0 Å². The molecule has 0 saturated heterocycles. The van der Waals surface area contributed by atoms with Crippen LogP contribution in [-0.2, 0) is 0 Å². The number of rotatable bonds is 5. The lowest BCUT2D eigenvalue weighted by Gasteiger charge is -2.47. The Morgan fingerprint density at radius 2 is 1.89 bits per heavy atom. The molecule has 0 amide bonds. The van der Waals surface area contributed by atoms with Crippen LogP contribution in [0.1, 0.15) is 72.6 Å². The first-order valence-electron chi connectivity index (χ1n) is 7.70. The summed E-state index contributed by atoms with van der Waals surface area (Å²) in [6, 6.07) is 0. The maximum Gasteiger partial charge on any atom is 0.0966 e. The van der Waals surface area contributed by atoms with E-state index >= 15 is 0 Å². The molecule has 106 valence electrons. The molecule has 2 N–H and O–H groups in total. The molecule has 4 atom stereocenters. The van der Waals surface area contributed by atoms with Crippen molar-refractivity contribution >= 4 is 0 Å². The van der Waals surface area contributed by atoms with Crippen molar-refractivity contribution in [2.24, 2.45) is 16.7 Å². The molecule has 2 nitrogen and oxygen atoms in total. The number of aliphatic hydroxyl groups is 2. The third-order valence-electron chi connectivity index (χ3n) is 6.58. The molecule has 18 heavy (non-hydrogen) atoms. The van der Waals surface area contributed by atoms with E-state index in [1.807, 2.05) is 0 Å². The van der Waals surface area contributed by atoms with E-state index in [1.54, 1.807) is 0 Å². The van der Waals surface area contributed by atoms with Gasteiger partial charge >= 0.3 is 0 Å². The highest BCUT2D eigenvalue weighted by atomic mass is 16.3. The minimum Gasteiger partial charge on any atom is -0.390 e. The van der Waals surface area contributed by atoms with Crippen LogP contribution in [0.3, 0.4) is 0 Å². The Hall–Kier alpha value is -0.0800. The average molecular weight is 254 g/mol. The normalized spacial score (nSPS) is 43.3. The van der Waals surface area contributed by atoms with Crippen molar-refractivity contribution in [1.82, 2.24) is 0 Å². The first-order chi connectivity index (χ1) is 8.29. The lowest BCUT2D eigenvalue weighted by Crippen LogP contribution is -2.55. The van der Waals surface area contributed by atoms with Gasteiger partial charge in [-0.2, -0.15) is 0 Å². The van der Waals surface area contributed by atoms with Crippen LogP contribution in [0.2, 0.25) is 0 Å². The van der Waals surface area contributed by atoms with Gasteiger partial charge in [-0.05, 0) is 37.0 Å². The van der Waals surface area contributed by atoms with E-state index in [2.05, 4.69) is 27.7 Å². The lowest BCUT2D eigenvalue weighted by atomic mass is 9.62. The van der Waals surface area contributed by atoms with E-state index < -0.39 is 11.7 Å². The molecule has 2 bridgehead atoms. The van der Waals surface area contributed by atoms with Crippen molar-refractivity contribution in [1.29, 1.82) is 0 Å². The van der Waals surface area contributed by atoms with Gasteiger partial charge in [0.2, 0.25) is 0 Å². The SMILES string of the molecule is CCCCCC(O)[C@@]1(O)C[C@H]2CC[C@]1(C)C2(C)C. The Kier molecular flexibility index (Phi) is 3.57. The summed E-state index contributed by atoms with van der Waals surface area (Å²) >= 11 is 0. The Morgan fingerprint density at radius 3 is 2.33 bits per heavy atom. The van der Waals surface area contributed by atoms with E-state index in [9.17, 15) is 10.2 Å². The minimum atomic E-state index is -0.854. The summed E-state index contributed by atoms with van der Waals surface area (Å²) in [5, 5.41) is 21.6. The van der Waals surface area contributed by atoms with Gasteiger partial charge in [0.25, 0.3) is 0 Å². The molecule has 0 aromatic carbocycles. The number of unbranched alkanes of at least 4 members (excludes halogenated alkanes) is 2. The number of hydrogen-bond acceptors (Lipinski definition) is 2. The molecule has 0 aromatic heterocycles. The molecule has 0 aliphatic heterocycles. The van der Waals surface area contributed by atoms with E-state index in [4.69, 9.17) is 0 Å². The highest BCUT2D eigenvalue weighted by Gasteiger charge is 2.70. The molecule has 2 rings (SSSR count). The fourth-order valence-corrected chi connectivity index (χ4v) is 4.66. The molecular formula is C16H30O2. The largest absolute Gasteiger partial charge is 0.390 e. The summed E-state index contributed by atoms with van der Waals surface area (Å²) in [4.78, 5) is 0. The summed E-state index contributed by atoms with van der Waals surface area (Å²) in [5.74, 6) is 0.577. The van der Waals surface area contributed by atoms with Crippen molar-refractivity contribution in [3.8, 4) is 0 Å². The lowest BCUT2D eigenvalue weighted by molar-refractivity contribution is -0.163. The highest BCUT2D eigenvalue weighted by molar-refractivity contribution is 5.19. The van der Waals surface area contributed by atoms with E-state index in [0.29, 0.717) is 5.92 Å². The van der Waals surface area contributed by atoms with Crippen LogP contribution >= 0.6 is 0 Å². The second kappa shape index (κ2) is 4.49. The van der Waals surface area contributed by atoms with Crippen LogP contribution in [0.4, 0.5) is 0 Å². The van der Waals surface area contributed by atoms with Gasteiger partial charge in [0.1, 0.15) is 0 Å². The van der Waals surface area contributed by atoms with Gasteiger partial charge in [-0.1, -0.05) is 47.0 Å². The Bertz CT molecular complexity index is 312. The zero-order valence-electron chi connectivity index (χ0n) is 12.5. The van der Waals surface area contributed by atoms with Gasteiger partial charge in [-0.15, -0.1) is 0 Å². The van der Waals surface area contributed by atoms with Gasteiger partial charge in [-0.3, -0.25) is 0 Å². The van der Waals surface area contributed by atoms with Crippen molar-refractivity contribution in [3.63, 3.8) is 0 Å². The van der Waals surface area contributed by atoms with Crippen LogP contribution in [0, 0.1) is 16.7 Å². The van der Waals surface area contributed by atoms with Crippen LogP contribution in [0.25, 0.3) is 0 Å². The molecule has 0 aromatic rings. The Morgan fingerprint density at radius 1 is 1.22 bits per heavy atom. The molecule has 0 radical (unpaired) electrons. The monoisotopic (exact) mass is 254 g/mol. The minimum absolute atomic E-state index is 0.115. The molecule has 1 unspecified atom stereocenters. The summed E-state index contributed by atoms with van der Waals surface area (Å²) in [7, 11) is 0. The van der Waals surface area contributed by atoms with Gasteiger partial charge in [0, 0.05) is 5.41 Å².